The van der Waals surface area contributed by atoms with Gasteiger partial charge in [-0.05, 0) is 51.4 Å². The van der Waals surface area contributed by atoms with Crippen LogP contribution in [0.25, 0.3) is 0 Å². The fourth-order valence-corrected chi connectivity index (χ4v) is 2.81. The van der Waals surface area contributed by atoms with Crippen molar-refractivity contribution in [1.82, 2.24) is 0 Å². The van der Waals surface area contributed by atoms with E-state index in [0.29, 0.717) is 12.8 Å². The molecule has 0 spiro atoms. The summed E-state index contributed by atoms with van der Waals surface area (Å²) in [5, 5.41) is 8.50. The van der Waals surface area contributed by atoms with E-state index in [2.05, 4.69) is 42.5 Å². The molecule has 0 aromatic heterocycles. The summed E-state index contributed by atoms with van der Waals surface area (Å²) < 4.78 is 10.7. The van der Waals surface area contributed by atoms with Gasteiger partial charge in [0.15, 0.2) is 0 Å². The van der Waals surface area contributed by atoms with Gasteiger partial charge in [0, 0.05) is 12.6 Å². The summed E-state index contributed by atoms with van der Waals surface area (Å²) in [6.45, 7) is 0. The number of rotatable bonds is 16. The molecule has 0 radical (unpaired) electrons. The van der Waals surface area contributed by atoms with E-state index >= 15 is 0 Å². The highest BCUT2D eigenvalue weighted by Crippen LogP contribution is 2.35. The Morgan fingerprint density at radius 2 is 1.15 bits per heavy atom. The van der Waals surface area contributed by atoms with Crippen LogP contribution < -0.4 is 0 Å². The van der Waals surface area contributed by atoms with E-state index in [1.807, 2.05) is 6.08 Å². The van der Waals surface area contributed by atoms with E-state index in [1.54, 1.807) is 0 Å². The number of unbranched alkanes of at least 4 members (excludes halogenated alkanes) is 4. The Kier molecular flexibility index (Phi) is 16.1. The molecule has 0 bridgehead atoms. The molecule has 0 saturated heterocycles. The third-order valence-corrected chi connectivity index (χ3v) is 4.46. The predicted molar refractivity (Wildman–Crippen MR) is 107 cm³/mol. The van der Waals surface area contributed by atoms with Gasteiger partial charge in [0.1, 0.15) is 0 Å². The van der Waals surface area contributed by atoms with Gasteiger partial charge in [-0.1, -0.05) is 55.0 Å². The van der Waals surface area contributed by atoms with Crippen LogP contribution in [0.1, 0.15) is 64.2 Å². The molecule has 0 fully saturated rings. The summed E-state index contributed by atoms with van der Waals surface area (Å²) in [7, 11) is -3.82. The second-order valence-corrected chi connectivity index (χ2v) is 7.89. The number of carboxylic acids is 1. The van der Waals surface area contributed by atoms with E-state index < -0.39 is 13.6 Å². The predicted octanol–water partition coefficient (Wildman–Crippen LogP) is 5.37. The number of hydrogen-bond donors (Lipinski definition) is 3. The summed E-state index contributed by atoms with van der Waals surface area (Å²) in [5.74, 6) is -0.738. The molecule has 0 atom stereocenters. The molecule has 0 aliphatic rings. The quantitative estimate of drug-likeness (QED) is 0.189. The minimum atomic E-state index is -3.82. The van der Waals surface area contributed by atoms with Crippen LogP contribution in [0, 0.1) is 0 Å². The number of hydrogen-bond acceptors (Lipinski definition) is 2. The van der Waals surface area contributed by atoms with Crippen molar-refractivity contribution in [3.05, 3.63) is 48.6 Å². The summed E-state index contributed by atoms with van der Waals surface area (Å²) in [5.41, 5.74) is 0. The molecular weight excluding hydrogens is 351 g/mol. The van der Waals surface area contributed by atoms with Crippen LogP contribution in [0.5, 0.6) is 0 Å². The number of carbonyl (C=O) groups is 1. The molecule has 0 aliphatic carbocycles. The molecule has 0 aliphatic heterocycles. The number of allylic oxidation sites excluding steroid dienone is 8. The highest BCUT2D eigenvalue weighted by Gasteiger charge is 2.10. The molecule has 148 valence electrons. The van der Waals surface area contributed by atoms with Crippen LogP contribution in [-0.2, 0) is 9.36 Å². The third kappa shape index (κ3) is 22.6. The van der Waals surface area contributed by atoms with E-state index in [9.17, 15) is 9.36 Å². The van der Waals surface area contributed by atoms with Crippen LogP contribution in [0.4, 0.5) is 0 Å². The molecule has 0 heterocycles. The second kappa shape index (κ2) is 17.0. The van der Waals surface area contributed by atoms with Gasteiger partial charge in [-0.3, -0.25) is 9.36 Å². The first kappa shape index (κ1) is 24.6. The minimum Gasteiger partial charge on any atom is -0.481 e. The van der Waals surface area contributed by atoms with Crippen LogP contribution in [0.2, 0.25) is 0 Å². The van der Waals surface area contributed by atoms with E-state index in [4.69, 9.17) is 14.9 Å². The van der Waals surface area contributed by atoms with Crippen molar-refractivity contribution in [3.63, 3.8) is 0 Å². The normalized spacial score (nSPS) is 13.0. The Labute approximate surface area is 157 Å². The maximum atomic E-state index is 10.7. The molecular formula is C20H33O5P. The summed E-state index contributed by atoms with van der Waals surface area (Å²) in [4.78, 5) is 27.8. The molecule has 6 heteroatoms. The van der Waals surface area contributed by atoms with Gasteiger partial charge < -0.3 is 14.9 Å². The van der Waals surface area contributed by atoms with Crippen molar-refractivity contribution in [2.45, 2.75) is 64.2 Å². The fraction of sp³-hybridized carbons (Fsp3) is 0.550. The van der Waals surface area contributed by atoms with Crippen molar-refractivity contribution in [2.24, 2.45) is 0 Å². The molecule has 0 saturated carbocycles. The molecule has 0 amide bonds. The first-order chi connectivity index (χ1) is 12.4. The lowest BCUT2D eigenvalue weighted by atomic mass is 10.2. The van der Waals surface area contributed by atoms with Crippen molar-refractivity contribution in [2.75, 3.05) is 6.16 Å². The lowest BCUT2D eigenvalue weighted by Gasteiger charge is -2.01. The Hall–Kier alpha value is -1.42. The Bertz CT molecular complexity index is 514. The first-order valence-corrected chi connectivity index (χ1v) is 11.1. The maximum absolute atomic E-state index is 10.7. The minimum absolute atomic E-state index is 0.00646. The monoisotopic (exact) mass is 384 g/mol. The summed E-state index contributed by atoms with van der Waals surface area (Å²) in [6, 6.07) is 0. The fourth-order valence-electron chi connectivity index (χ4n) is 2.18. The summed E-state index contributed by atoms with van der Waals surface area (Å²) >= 11 is 0. The van der Waals surface area contributed by atoms with Crippen molar-refractivity contribution >= 4 is 13.6 Å². The first-order valence-electron chi connectivity index (χ1n) is 9.28. The lowest BCUT2D eigenvalue weighted by Crippen LogP contribution is -1.92. The zero-order valence-corrected chi connectivity index (χ0v) is 16.4. The van der Waals surface area contributed by atoms with Gasteiger partial charge >= 0.3 is 13.6 Å². The van der Waals surface area contributed by atoms with E-state index in [1.165, 1.54) is 0 Å². The largest absolute Gasteiger partial charge is 0.481 e. The Morgan fingerprint density at radius 1 is 0.692 bits per heavy atom. The lowest BCUT2D eigenvalue weighted by molar-refractivity contribution is -0.137. The summed E-state index contributed by atoms with van der Waals surface area (Å²) in [6.07, 6.45) is 24.6. The molecule has 0 aromatic carbocycles. The Morgan fingerprint density at radius 3 is 1.62 bits per heavy atom. The zero-order valence-electron chi connectivity index (χ0n) is 15.5. The van der Waals surface area contributed by atoms with Gasteiger partial charge in [0.05, 0.1) is 0 Å². The van der Waals surface area contributed by atoms with Gasteiger partial charge in [-0.25, -0.2) is 0 Å². The van der Waals surface area contributed by atoms with Crippen molar-refractivity contribution < 1.29 is 24.3 Å². The average Bonchev–Trinajstić information content (AvgIpc) is 2.55. The number of carboxylic acid groups (broad SMARTS) is 1. The molecule has 5 nitrogen and oxygen atoms in total. The second-order valence-electron chi connectivity index (χ2n) is 6.12. The van der Waals surface area contributed by atoms with Crippen LogP contribution in [-0.4, -0.2) is 27.0 Å². The average molecular weight is 384 g/mol. The molecule has 0 aromatic rings. The maximum Gasteiger partial charge on any atom is 0.325 e. The van der Waals surface area contributed by atoms with E-state index in [-0.39, 0.29) is 12.6 Å². The standard InChI is InChI=1S/C20H33O5P/c21-20(22)18-16-14-12-10-8-6-4-2-1-3-5-7-9-11-13-15-17-19-26(23,24)25/h1,3-4,6-7,9-10,12H,2,5,8,11,13-19H2,(H,21,22)(H2,23,24,25). The molecule has 26 heavy (non-hydrogen) atoms. The van der Waals surface area contributed by atoms with Gasteiger partial charge in [-0.2, -0.15) is 0 Å². The third-order valence-electron chi connectivity index (χ3n) is 3.56. The van der Waals surface area contributed by atoms with Gasteiger partial charge in [0.2, 0.25) is 0 Å². The highest BCUT2D eigenvalue weighted by molar-refractivity contribution is 7.51. The zero-order chi connectivity index (χ0) is 19.5. The van der Waals surface area contributed by atoms with Crippen molar-refractivity contribution in [1.29, 1.82) is 0 Å². The van der Waals surface area contributed by atoms with Crippen LogP contribution in [0.15, 0.2) is 48.6 Å². The SMILES string of the molecule is O=C(O)CCCC=CCC=CCC=CCC=CCCCCCP(=O)(O)O. The highest BCUT2D eigenvalue weighted by atomic mass is 31.2. The van der Waals surface area contributed by atoms with Crippen LogP contribution >= 0.6 is 7.60 Å². The molecule has 0 unspecified atom stereocenters. The van der Waals surface area contributed by atoms with Gasteiger partial charge in [-0.15, -0.1) is 0 Å². The van der Waals surface area contributed by atoms with Gasteiger partial charge in [0.25, 0.3) is 0 Å². The topological polar surface area (TPSA) is 94.8 Å². The van der Waals surface area contributed by atoms with E-state index in [0.717, 1.165) is 44.9 Å². The van der Waals surface area contributed by atoms with Crippen LogP contribution in [0.3, 0.4) is 0 Å². The number of aliphatic carboxylic acids is 1. The smallest absolute Gasteiger partial charge is 0.325 e. The van der Waals surface area contributed by atoms with Crippen molar-refractivity contribution in [3.8, 4) is 0 Å². The molecule has 3 N–H and O–H groups in total. The molecule has 0 rings (SSSR count). The Balaban J connectivity index is 3.45.